The minimum Gasteiger partial charge on any atom is -0.478 e. The van der Waals surface area contributed by atoms with Gasteiger partial charge in [-0.3, -0.25) is 0 Å². The molecule has 3 rings (SSSR count). The number of hydrogen-bond donors (Lipinski definition) is 1. The molecular weight excluding hydrogens is 322 g/mol. The van der Waals surface area contributed by atoms with Crippen LogP contribution in [0.4, 0.5) is 0 Å². The highest BCUT2D eigenvalue weighted by atomic mass is 32.2. The first-order valence-electron chi connectivity index (χ1n) is 6.79. The van der Waals surface area contributed by atoms with Gasteiger partial charge in [0.2, 0.25) is 10.0 Å². The van der Waals surface area contributed by atoms with Crippen molar-refractivity contribution < 1.29 is 18.3 Å². The Kier molecular flexibility index (Phi) is 3.80. The van der Waals surface area contributed by atoms with Gasteiger partial charge in [-0.15, -0.1) is 11.3 Å². The van der Waals surface area contributed by atoms with Crippen molar-refractivity contribution in [2.45, 2.75) is 24.8 Å². The van der Waals surface area contributed by atoms with E-state index in [1.165, 1.54) is 28.1 Å². The van der Waals surface area contributed by atoms with Gasteiger partial charge in [0.25, 0.3) is 0 Å². The van der Waals surface area contributed by atoms with E-state index in [0.717, 1.165) is 4.88 Å². The van der Waals surface area contributed by atoms with E-state index >= 15 is 0 Å². The Morgan fingerprint density at radius 2 is 2.09 bits per heavy atom. The molecule has 1 aromatic heterocycles. The molecule has 2 heterocycles. The smallest absolute Gasteiger partial charge is 0.335 e. The molecule has 1 aliphatic rings. The van der Waals surface area contributed by atoms with Crippen molar-refractivity contribution in [3.05, 3.63) is 51.2 Å². The molecule has 1 aliphatic heterocycles. The number of rotatable bonds is 3. The van der Waals surface area contributed by atoms with Crippen molar-refractivity contribution in [2.24, 2.45) is 0 Å². The van der Waals surface area contributed by atoms with E-state index in [9.17, 15) is 13.2 Å². The molecule has 0 unspecified atom stereocenters. The quantitative estimate of drug-likeness (QED) is 0.934. The summed E-state index contributed by atoms with van der Waals surface area (Å²) in [6, 6.07) is 6.23. The molecule has 1 aromatic carbocycles. The Labute approximate surface area is 132 Å². The van der Waals surface area contributed by atoms with Crippen molar-refractivity contribution >= 4 is 27.3 Å². The molecule has 0 fully saturated rings. The fourth-order valence-corrected chi connectivity index (χ4v) is 5.26. The summed E-state index contributed by atoms with van der Waals surface area (Å²) in [4.78, 5) is 12.2. The second kappa shape index (κ2) is 5.49. The molecular formula is C15H15NO4S2. The fraction of sp³-hybridized carbons (Fsp3) is 0.267. The van der Waals surface area contributed by atoms with Crippen LogP contribution in [-0.2, 0) is 23.0 Å². The highest BCUT2D eigenvalue weighted by Gasteiger charge is 2.30. The predicted octanol–water partition coefficient (Wildman–Crippen LogP) is 2.50. The largest absolute Gasteiger partial charge is 0.478 e. The molecule has 0 radical (unpaired) electrons. The Hall–Kier alpha value is -1.70. The van der Waals surface area contributed by atoms with Gasteiger partial charge < -0.3 is 5.11 Å². The van der Waals surface area contributed by atoms with Gasteiger partial charge >= 0.3 is 5.97 Å². The van der Waals surface area contributed by atoms with E-state index in [0.29, 0.717) is 25.1 Å². The molecule has 0 amide bonds. The lowest BCUT2D eigenvalue weighted by molar-refractivity contribution is 0.0696. The molecule has 0 aliphatic carbocycles. The molecule has 0 spiro atoms. The van der Waals surface area contributed by atoms with Gasteiger partial charge in [-0.25, -0.2) is 13.2 Å². The average molecular weight is 337 g/mol. The summed E-state index contributed by atoms with van der Waals surface area (Å²) in [6.07, 6.45) is 0.690. The van der Waals surface area contributed by atoms with Crippen LogP contribution in [0.25, 0.3) is 0 Å². The number of carbonyl (C=O) groups is 1. The Balaban J connectivity index is 2.00. The third-order valence-corrected chi connectivity index (χ3v) is 6.78. The Morgan fingerprint density at radius 1 is 1.32 bits per heavy atom. The highest BCUT2D eigenvalue weighted by Crippen LogP contribution is 2.29. The van der Waals surface area contributed by atoms with Crippen LogP contribution < -0.4 is 0 Å². The van der Waals surface area contributed by atoms with Gasteiger partial charge in [0, 0.05) is 18.0 Å². The number of benzene rings is 1. The molecule has 0 saturated heterocycles. The lowest BCUT2D eigenvalue weighted by Gasteiger charge is -2.26. The van der Waals surface area contributed by atoms with E-state index < -0.39 is 16.0 Å². The second-order valence-corrected chi connectivity index (χ2v) is 8.15. The molecule has 1 N–H and O–H groups in total. The fourth-order valence-electron chi connectivity index (χ4n) is 2.57. The van der Waals surface area contributed by atoms with Gasteiger partial charge in [-0.1, -0.05) is 6.07 Å². The van der Waals surface area contributed by atoms with Gasteiger partial charge in [0.15, 0.2) is 0 Å². The molecule has 0 saturated carbocycles. The van der Waals surface area contributed by atoms with Crippen molar-refractivity contribution in [3.8, 4) is 0 Å². The number of aromatic carboxylic acids is 1. The van der Waals surface area contributed by atoms with Gasteiger partial charge in [-0.05, 0) is 48.1 Å². The van der Waals surface area contributed by atoms with Gasteiger partial charge in [0.05, 0.1) is 10.5 Å². The van der Waals surface area contributed by atoms with Crippen LogP contribution in [0.5, 0.6) is 0 Å². The zero-order valence-corrected chi connectivity index (χ0v) is 13.6. The number of fused-ring (bicyclic) bond motifs is 1. The van der Waals surface area contributed by atoms with Crippen LogP contribution in [0.2, 0.25) is 0 Å². The van der Waals surface area contributed by atoms with Crippen LogP contribution >= 0.6 is 11.3 Å². The SMILES string of the molecule is Cc1ccc(C(=O)O)cc1S(=O)(=O)N1CCc2ccsc2C1. The lowest BCUT2D eigenvalue weighted by atomic mass is 10.1. The first-order chi connectivity index (χ1) is 10.4. The van der Waals surface area contributed by atoms with Crippen molar-refractivity contribution in [3.63, 3.8) is 0 Å². The number of aryl methyl sites for hydroxylation is 1. The van der Waals surface area contributed by atoms with Crippen molar-refractivity contribution in [2.75, 3.05) is 6.54 Å². The standard InChI is InChI=1S/C15H15NO4S2/c1-10-2-3-12(15(17)18)8-14(10)22(19,20)16-6-4-11-5-7-21-13(11)9-16/h2-3,5,7-8H,4,6,9H2,1H3,(H,17,18). The van der Waals surface area contributed by atoms with Crippen LogP contribution in [0.3, 0.4) is 0 Å². The van der Waals surface area contributed by atoms with Crippen molar-refractivity contribution in [1.82, 2.24) is 4.31 Å². The zero-order valence-electron chi connectivity index (χ0n) is 11.9. The minimum atomic E-state index is -3.69. The van der Waals surface area contributed by atoms with E-state index in [1.54, 1.807) is 18.3 Å². The van der Waals surface area contributed by atoms with E-state index in [1.807, 2.05) is 11.4 Å². The number of sulfonamides is 1. The number of nitrogens with zero attached hydrogens (tertiary/aromatic N) is 1. The van der Waals surface area contributed by atoms with Crippen LogP contribution in [0.15, 0.2) is 34.5 Å². The maximum Gasteiger partial charge on any atom is 0.335 e. The minimum absolute atomic E-state index is 0.0157. The highest BCUT2D eigenvalue weighted by molar-refractivity contribution is 7.89. The summed E-state index contributed by atoms with van der Waals surface area (Å²) in [7, 11) is -3.69. The number of carboxylic acid groups (broad SMARTS) is 1. The third-order valence-electron chi connectivity index (χ3n) is 3.84. The Morgan fingerprint density at radius 3 is 2.82 bits per heavy atom. The van der Waals surface area contributed by atoms with Crippen LogP contribution in [0, 0.1) is 6.92 Å². The summed E-state index contributed by atoms with van der Waals surface area (Å²) in [6.45, 7) is 2.45. The number of hydrogen-bond acceptors (Lipinski definition) is 4. The molecule has 116 valence electrons. The number of thiophene rings is 1. The summed E-state index contributed by atoms with van der Waals surface area (Å²) in [5.74, 6) is -1.13. The maximum absolute atomic E-state index is 12.9. The summed E-state index contributed by atoms with van der Waals surface area (Å²) >= 11 is 1.55. The van der Waals surface area contributed by atoms with Crippen LogP contribution in [-0.4, -0.2) is 30.3 Å². The average Bonchev–Trinajstić information content (AvgIpc) is 2.94. The normalized spacial score (nSPS) is 15.5. The monoisotopic (exact) mass is 337 g/mol. The van der Waals surface area contributed by atoms with Gasteiger partial charge in [-0.2, -0.15) is 4.31 Å². The third kappa shape index (κ3) is 2.55. The molecule has 7 heteroatoms. The van der Waals surface area contributed by atoms with E-state index in [4.69, 9.17) is 5.11 Å². The first kappa shape index (κ1) is 15.2. The second-order valence-electron chi connectivity index (χ2n) is 5.24. The molecule has 0 atom stereocenters. The zero-order chi connectivity index (χ0) is 15.9. The predicted molar refractivity (Wildman–Crippen MR) is 83.8 cm³/mol. The van der Waals surface area contributed by atoms with Gasteiger partial charge in [0.1, 0.15) is 0 Å². The molecule has 5 nitrogen and oxygen atoms in total. The summed E-state index contributed by atoms with van der Waals surface area (Å²) in [5.41, 5.74) is 1.74. The van der Waals surface area contributed by atoms with Crippen molar-refractivity contribution in [1.29, 1.82) is 0 Å². The lowest BCUT2D eigenvalue weighted by Crippen LogP contribution is -2.35. The maximum atomic E-state index is 12.9. The van der Waals surface area contributed by atoms with E-state index in [-0.39, 0.29) is 10.5 Å². The summed E-state index contributed by atoms with van der Waals surface area (Å²) in [5, 5.41) is 11.0. The molecule has 0 bridgehead atoms. The Bertz CT molecular complexity index is 839. The first-order valence-corrected chi connectivity index (χ1v) is 9.11. The topological polar surface area (TPSA) is 74.7 Å². The number of carboxylic acids is 1. The summed E-state index contributed by atoms with van der Waals surface area (Å²) < 4.78 is 27.1. The van der Waals surface area contributed by atoms with Crippen LogP contribution in [0.1, 0.15) is 26.4 Å². The molecule has 2 aromatic rings. The van der Waals surface area contributed by atoms with E-state index in [2.05, 4.69) is 0 Å². The molecule has 22 heavy (non-hydrogen) atoms.